The van der Waals surface area contributed by atoms with Crippen LogP contribution in [0.1, 0.15) is 5.56 Å². The molecule has 0 aliphatic carbocycles. The molecular formula is C9H8NO2-. The number of carboxylic acid groups (broad SMARTS) is 1. The Labute approximate surface area is 70.1 Å². The molecule has 0 saturated carbocycles. The van der Waals surface area contributed by atoms with E-state index in [0.29, 0.717) is 0 Å². The zero-order valence-electron chi connectivity index (χ0n) is 6.36. The van der Waals surface area contributed by atoms with E-state index in [-0.39, 0.29) is 5.70 Å². The van der Waals surface area contributed by atoms with Crippen LogP contribution in [0.25, 0.3) is 6.08 Å². The van der Waals surface area contributed by atoms with Crippen LogP contribution in [-0.4, -0.2) is 5.97 Å². The van der Waals surface area contributed by atoms with Gasteiger partial charge in [-0.15, -0.1) is 0 Å². The van der Waals surface area contributed by atoms with Gasteiger partial charge in [-0.25, -0.2) is 0 Å². The van der Waals surface area contributed by atoms with Crippen LogP contribution in [-0.2, 0) is 4.79 Å². The highest BCUT2D eigenvalue weighted by molar-refractivity contribution is 5.89. The van der Waals surface area contributed by atoms with E-state index in [1.54, 1.807) is 24.3 Å². The van der Waals surface area contributed by atoms with Crippen LogP contribution < -0.4 is 10.8 Å². The van der Waals surface area contributed by atoms with Gasteiger partial charge in [0.15, 0.2) is 0 Å². The van der Waals surface area contributed by atoms with E-state index >= 15 is 0 Å². The lowest BCUT2D eigenvalue weighted by molar-refractivity contribution is -0.299. The van der Waals surface area contributed by atoms with Crippen molar-refractivity contribution in [3.8, 4) is 0 Å². The van der Waals surface area contributed by atoms with Gasteiger partial charge < -0.3 is 15.6 Å². The van der Waals surface area contributed by atoms with Gasteiger partial charge in [0.1, 0.15) is 0 Å². The van der Waals surface area contributed by atoms with Crippen molar-refractivity contribution in [3.05, 3.63) is 41.6 Å². The Bertz CT molecular complexity index is 304. The lowest BCUT2D eigenvalue weighted by Crippen LogP contribution is -2.28. The second-order valence-corrected chi connectivity index (χ2v) is 2.30. The predicted molar refractivity (Wildman–Crippen MR) is 43.6 cm³/mol. The van der Waals surface area contributed by atoms with Gasteiger partial charge in [-0.05, 0) is 11.6 Å². The number of hydrogen-bond acceptors (Lipinski definition) is 3. The molecule has 1 rings (SSSR count). The fourth-order valence-electron chi connectivity index (χ4n) is 0.788. The van der Waals surface area contributed by atoms with Crippen molar-refractivity contribution in [1.29, 1.82) is 0 Å². The zero-order chi connectivity index (χ0) is 8.97. The topological polar surface area (TPSA) is 66.2 Å². The molecule has 0 radical (unpaired) electrons. The molecule has 0 atom stereocenters. The molecule has 0 aliphatic rings. The molecule has 0 aromatic heterocycles. The standard InChI is InChI=1S/C9H9NO2/c10-8(9(11)12)6-7-4-2-1-3-5-7/h1-6H,10H2,(H,11,12)/p-1/b8-6-. The van der Waals surface area contributed by atoms with Crippen LogP contribution in [0.15, 0.2) is 36.0 Å². The highest BCUT2D eigenvalue weighted by Gasteiger charge is 1.90. The van der Waals surface area contributed by atoms with Crippen LogP contribution in [0.2, 0.25) is 0 Å². The summed E-state index contributed by atoms with van der Waals surface area (Å²) in [7, 11) is 0. The molecule has 0 spiro atoms. The molecule has 62 valence electrons. The Morgan fingerprint density at radius 3 is 2.42 bits per heavy atom. The first-order valence-electron chi connectivity index (χ1n) is 3.43. The number of nitrogens with two attached hydrogens (primary N) is 1. The Morgan fingerprint density at radius 1 is 1.33 bits per heavy atom. The first-order valence-corrected chi connectivity index (χ1v) is 3.43. The Morgan fingerprint density at radius 2 is 1.92 bits per heavy atom. The Balaban J connectivity index is 2.89. The molecule has 0 aliphatic heterocycles. The van der Waals surface area contributed by atoms with Crippen LogP contribution in [0.3, 0.4) is 0 Å². The highest BCUT2D eigenvalue weighted by atomic mass is 16.4. The van der Waals surface area contributed by atoms with E-state index < -0.39 is 5.97 Å². The summed E-state index contributed by atoms with van der Waals surface area (Å²) in [5.41, 5.74) is 5.63. The van der Waals surface area contributed by atoms with Gasteiger partial charge in [0.2, 0.25) is 0 Å². The SMILES string of the molecule is N/C(=C\c1ccccc1)C(=O)[O-]. The van der Waals surface area contributed by atoms with E-state index in [9.17, 15) is 9.90 Å². The van der Waals surface area contributed by atoms with Crippen molar-refractivity contribution in [1.82, 2.24) is 0 Å². The van der Waals surface area contributed by atoms with E-state index in [2.05, 4.69) is 0 Å². The van der Waals surface area contributed by atoms with E-state index in [1.807, 2.05) is 6.07 Å². The predicted octanol–water partition coefficient (Wildman–Crippen LogP) is -0.264. The number of hydrogen-bond donors (Lipinski definition) is 1. The van der Waals surface area contributed by atoms with Crippen molar-refractivity contribution < 1.29 is 9.90 Å². The molecule has 0 fully saturated rings. The molecule has 12 heavy (non-hydrogen) atoms. The second-order valence-electron chi connectivity index (χ2n) is 2.30. The smallest absolute Gasteiger partial charge is 0.0872 e. The van der Waals surface area contributed by atoms with Gasteiger partial charge in [0, 0.05) is 0 Å². The summed E-state index contributed by atoms with van der Waals surface area (Å²) in [5, 5.41) is 10.2. The lowest BCUT2D eigenvalue weighted by Gasteiger charge is -2.00. The third-order valence-electron chi connectivity index (χ3n) is 1.36. The van der Waals surface area contributed by atoms with Crippen molar-refractivity contribution in [2.75, 3.05) is 0 Å². The molecule has 3 nitrogen and oxygen atoms in total. The number of rotatable bonds is 2. The second kappa shape index (κ2) is 3.57. The van der Waals surface area contributed by atoms with Gasteiger partial charge in [0.05, 0.1) is 11.7 Å². The van der Waals surface area contributed by atoms with Gasteiger partial charge in [-0.2, -0.15) is 0 Å². The summed E-state index contributed by atoms with van der Waals surface area (Å²) >= 11 is 0. The normalized spacial score (nSPS) is 11.2. The van der Waals surface area contributed by atoms with Crippen LogP contribution in [0.5, 0.6) is 0 Å². The van der Waals surface area contributed by atoms with Crippen molar-refractivity contribution in [3.63, 3.8) is 0 Å². The number of carbonyl (C=O) groups is 1. The molecule has 0 bridgehead atoms. The molecule has 0 amide bonds. The fraction of sp³-hybridized carbons (Fsp3) is 0. The molecule has 3 heteroatoms. The summed E-state index contributed by atoms with van der Waals surface area (Å²) in [6.07, 6.45) is 1.36. The molecule has 0 saturated heterocycles. The molecule has 1 aromatic carbocycles. The van der Waals surface area contributed by atoms with Crippen molar-refractivity contribution >= 4 is 12.0 Å². The lowest BCUT2D eigenvalue weighted by atomic mass is 10.2. The maximum atomic E-state index is 10.2. The number of aliphatic carboxylic acids is 1. The zero-order valence-corrected chi connectivity index (χ0v) is 6.36. The van der Waals surface area contributed by atoms with Gasteiger partial charge in [-0.3, -0.25) is 0 Å². The van der Waals surface area contributed by atoms with Crippen LogP contribution >= 0.6 is 0 Å². The average Bonchev–Trinajstić information content (AvgIpc) is 2.06. The van der Waals surface area contributed by atoms with E-state index in [1.165, 1.54) is 6.08 Å². The van der Waals surface area contributed by atoms with Crippen LogP contribution in [0, 0.1) is 0 Å². The highest BCUT2D eigenvalue weighted by Crippen LogP contribution is 2.02. The third-order valence-corrected chi connectivity index (χ3v) is 1.36. The molecule has 0 heterocycles. The van der Waals surface area contributed by atoms with Crippen LogP contribution in [0.4, 0.5) is 0 Å². The Hall–Kier alpha value is -1.77. The summed E-state index contributed by atoms with van der Waals surface area (Å²) in [4.78, 5) is 10.2. The monoisotopic (exact) mass is 162 g/mol. The van der Waals surface area contributed by atoms with Crippen molar-refractivity contribution in [2.45, 2.75) is 0 Å². The minimum atomic E-state index is -1.35. The van der Waals surface area contributed by atoms with Crippen molar-refractivity contribution in [2.24, 2.45) is 5.73 Å². The molecular weight excluding hydrogens is 154 g/mol. The number of benzene rings is 1. The minimum Gasteiger partial charge on any atom is -0.543 e. The summed E-state index contributed by atoms with van der Waals surface area (Å²) in [6, 6.07) is 8.96. The molecule has 0 unspecified atom stereocenters. The third kappa shape index (κ3) is 2.12. The minimum absolute atomic E-state index is 0.263. The van der Waals surface area contributed by atoms with Gasteiger partial charge >= 0.3 is 0 Å². The maximum Gasteiger partial charge on any atom is 0.0872 e. The summed E-state index contributed by atoms with van der Waals surface area (Å²) in [6.45, 7) is 0. The average molecular weight is 162 g/mol. The number of carbonyl (C=O) groups excluding carboxylic acids is 1. The first kappa shape index (κ1) is 8.33. The van der Waals surface area contributed by atoms with E-state index in [4.69, 9.17) is 5.73 Å². The quantitative estimate of drug-likeness (QED) is 0.609. The summed E-state index contributed by atoms with van der Waals surface area (Å²) < 4.78 is 0. The number of carboxylic acids is 1. The fourth-order valence-corrected chi connectivity index (χ4v) is 0.788. The Kier molecular flexibility index (Phi) is 2.48. The van der Waals surface area contributed by atoms with E-state index in [0.717, 1.165) is 5.56 Å². The molecule has 1 aromatic rings. The van der Waals surface area contributed by atoms with Gasteiger partial charge in [0.25, 0.3) is 0 Å². The maximum absolute atomic E-state index is 10.2. The van der Waals surface area contributed by atoms with Gasteiger partial charge in [-0.1, -0.05) is 30.3 Å². The first-order chi connectivity index (χ1) is 5.70. The summed E-state index contributed by atoms with van der Waals surface area (Å²) in [5.74, 6) is -1.35. The molecule has 2 N–H and O–H groups in total. The largest absolute Gasteiger partial charge is 0.543 e.